The Morgan fingerprint density at radius 3 is 2.70 bits per heavy atom. The summed E-state index contributed by atoms with van der Waals surface area (Å²) in [4.78, 5) is 14.0. The number of amides is 1. The minimum Gasteiger partial charge on any atom is -0.325 e. The van der Waals surface area contributed by atoms with E-state index in [1.807, 2.05) is 37.1 Å². The van der Waals surface area contributed by atoms with Gasteiger partial charge in [-0.15, -0.1) is 0 Å². The SMILES string of the molecule is Cc1ccc(NC(=O)CN(C)Cc2ccsc2)cc1C. The number of carbonyl (C=O) groups is 1. The van der Waals surface area contributed by atoms with Crippen molar-refractivity contribution in [3.8, 4) is 0 Å². The molecular weight excluding hydrogens is 268 g/mol. The van der Waals surface area contributed by atoms with Crippen LogP contribution in [-0.4, -0.2) is 24.4 Å². The molecule has 1 amide bonds. The lowest BCUT2D eigenvalue weighted by Gasteiger charge is -2.15. The van der Waals surface area contributed by atoms with Gasteiger partial charge in [-0.1, -0.05) is 6.07 Å². The van der Waals surface area contributed by atoms with E-state index in [0.717, 1.165) is 12.2 Å². The number of nitrogens with zero attached hydrogens (tertiary/aromatic N) is 1. The van der Waals surface area contributed by atoms with Crippen molar-refractivity contribution in [3.05, 3.63) is 51.7 Å². The van der Waals surface area contributed by atoms with Gasteiger partial charge in [-0.3, -0.25) is 9.69 Å². The van der Waals surface area contributed by atoms with Gasteiger partial charge in [-0.2, -0.15) is 11.3 Å². The maximum atomic E-state index is 12.0. The number of hydrogen-bond donors (Lipinski definition) is 1. The standard InChI is InChI=1S/C16H20N2OS/c1-12-4-5-15(8-13(12)2)17-16(19)10-18(3)9-14-6-7-20-11-14/h4-8,11H,9-10H2,1-3H3,(H,17,19). The minimum atomic E-state index is 0.0194. The molecule has 0 aliphatic heterocycles. The molecule has 0 aliphatic rings. The van der Waals surface area contributed by atoms with E-state index < -0.39 is 0 Å². The number of nitrogens with one attached hydrogen (secondary N) is 1. The number of thiophene rings is 1. The van der Waals surface area contributed by atoms with E-state index in [0.29, 0.717) is 6.54 Å². The van der Waals surface area contributed by atoms with E-state index in [1.54, 1.807) is 11.3 Å². The highest BCUT2D eigenvalue weighted by molar-refractivity contribution is 7.07. The average molecular weight is 288 g/mol. The third-order valence-corrected chi connectivity index (χ3v) is 3.97. The Kier molecular flexibility index (Phi) is 4.93. The van der Waals surface area contributed by atoms with Crippen LogP contribution >= 0.6 is 11.3 Å². The van der Waals surface area contributed by atoms with Crippen LogP contribution in [0.15, 0.2) is 35.0 Å². The van der Waals surface area contributed by atoms with Gasteiger partial charge < -0.3 is 5.32 Å². The molecule has 0 bridgehead atoms. The third-order valence-electron chi connectivity index (χ3n) is 3.24. The molecule has 2 aromatic rings. The second-order valence-electron chi connectivity index (χ2n) is 5.15. The van der Waals surface area contributed by atoms with Crippen molar-refractivity contribution in [2.24, 2.45) is 0 Å². The number of benzene rings is 1. The summed E-state index contributed by atoms with van der Waals surface area (Å²) in [6, 6.07) is 8.06. The zero-order valence-corrected chi connectivity index (χ0v) is 13.0. The molecule has 1 aromatic heterocycles. The molecule has 2 rings (SSSR count). The zero-order chi connectivity index (χ0) is 14.5. The summed E-state index contributed by atoms with van der Waals surface area (Å²) >= 11 is 1.68. The molecular formula is C16H20N2OS. The quantitative estimate of drug-likeness (QED) is 0.914. The van der Waals surface area contributed by atoms with E-state index >= 15 is 0 Å². The van der Waals surface area contributed by atoms with Crippen LogP contribution in [0.5, 0.6) is 0 Å². The van der Waals surface area contributed by atoms with Gasteiger partial charge in [0.1, 0.15) is 0 Å². The van der Waals surface area contributed by atoms with Crippen LogP contribution in [0.4, 0.5) is 5.69 Å². The Labute approximate surface area is 124 Å². The predicted molar refractivity (Wildman–Crippen MR) is 85.2 cm³/mol. The number of aryl methyl sites for hydroxylation is 2. The van der Waals surface area contributed by atoms with Crippen molar-refractivity contribution >= 4 is 22.9 Å². The summed E-state index contributed by atoms with van der Waals surface area (Å²) < 4.78 is 0. The fourth-order valence-electron chi connectivity index (χ4n) is 2.02. The van der Waals surface area contributed by atoms with E-state index in [9.17, 15) is 4.79 Å². The summed E-state index contributed by atoms with van der Waals surface area (Å²) in [7, 11) is 1.96. The smallest absolute Gasteiger partial charge is 0.238 e. The number of anilines is 1. The molecule has 0 fully saturated rings. The van der Waals surface area contributed by atoms with Crippen molar-refractivity contribution in [2.45, 2.75) is 20.4 Å². The first kappa shape index (κ1) is 14.8. The summed E-state index contributed by atoms with van der Waals surface area (Å²) in [6.07, 6.45) is 0. The van der Waals surface area contributed by atoms with Crippen LogP contribution < -0.4 is 5.32 Å². The van der Waals surface area contributed by atoms with Gasteiger partial charge in [0.25, 0.3) is 0 Å². The van der Waals surface area contributed by atoms with Crippen LogP contribution in [0.2, 0.25) is 0 Å². The van der Waals surface area contributed by atoms with Gasteiger partial charge in [0, 0.05) is 12.2 Å². The molecule has 0 unspecified atom stereocenters. The molecule has 4 heteroatoms. The van der Waals surface area contributed by atoms with E-state index in [4.69, 9.17) is 0 Å². The molecule has 0 radical (unpaired) electrons. The van der Waals surface area contributed by atoms with Gasteiger partial charge in [-0.25, -0.2) is 0 Å². The highest BCUT2D eigenvalue weighted by Crippen LogP contribution is 2.14. The van der Waals surface area contributed by atoms with Gasteiger partial charge in [0.15, 0.2) is 0 Å². The zero-order valence-electron chi connectivity index (χ0n) is 12.1. The lowest BCUT2D eigenvalue weighted by molar-refractivity contribution is -0.117. The van der Waals surface area contributed by atoms with Gasteiger partial charge in [-0.05, 0) is 66.5 Å². The summed E-state index contributed by atoms with van der Waals surface area (Å²) in [5, 5.41) is 7.11. The molecule has 3 nitrogen and oxygen atoms in total. The first-order chi connectivity index (χ1) is 9.54. The van der Waals surface area contributed by atoms with Crippen LogP contribution in [0.3, 0.4) is 0 Å². The Morgan fingerprint density at radius 1 is 1.25 bits per heavy atom. The van der Waals surface area contributed by atoms with Crippen molar-refractivity contribution in [1.82, 2.24) is 4.90 Å². The minimum absolute atomic E-state index is 0.0194. The molecule has 0 aliphatic carbocycles. The summed E-state index contributed by atoms with van der Waals surface area (Å²) in [5.41, 5.74) is 4.53. The molecule has 20 heavy (non-hydrogen) atoms. The molecule has 0 saturated heterocycles. The second kappa shape index (κ2) is 6.68. The summed E-state index contributed by atoms with van der Waals surface area (Å²) in [5.74, 6) is 0.0194. The fourth-order valence-corrected chi connectivity index (χ4v) is 2.67. The Morgan fingerprint density at radius 2 is 2.05 bits per heavy atom. The molecule has 1 N–H and O–H groups in total. The molecule has 1 heterocycles. The number of carbonyl (C=O) groups excluding carboxylic acids is 1. The van der Waals surface area contributed by atoms with E-state index in [1.165, 1.54) is 16.7 Å². The van der Waals surface area contributed by atoms with Crippen molar-refractivity contribution in [2.75, 3.05) is 18.9 Å². The Balaban J connectivity index is 1.87. The maximum absolute atomic E-state index is 12.0. The van der Waals surface area contributed by atoms with E-state index in [2.05, 4.69) is 29.1 Å². The maximum Gasteiger partial charge on any atom is 0.238 e. The molecule has 0 saturated carbocycles. The molecule has 0 atom stereocenters. The highest BCUT2D eigenvalue weighted by Gasteiger charge is 2.08. The molecule has 0 spiro atoms. The monoisotopic (exact) mass is 288 g/mol. The first-order valence-electron chi connectivity index (χ1n) is 6.61. The van der Waals surface area contributed by atoms with Crippen LogP contribution in [-0.2, 0) is 11.3 Å². The molecule has 1 aromatic carbocycles. The van der Waals surface area contributed by atoms with Crippen molar-refractivity contribution < 1.29 is 4.79 Å². The fraction of sp³-hybridized carbons (Fsp3) is 0.312. The van der Waals surface area contributed by atoms with Gasteiger partial charge in [0.2, 0.25) is 5.91 Å². The number of hydrogen-bond acceptors (Lipinski definition) is 3. The normalized spacial score (nSPS) is 10.8. The van der Waals surface area contributed by atoms with Crippen molar-refractivity contribution in [1.29, 1.82) is 0 Å². The van der Waals surface area contributed by atoms with Gasteiger partial charge >= 0.3 is 0 Å². The Hall–Kier alpha value is -1.65. The molecule has 106 valence electrons. The Bertz CT molecular complexity index is 578. The predicted octanol–water partition coefficient (Wildman–Crippen LogP) is 3.44. The van der Waals surface area contributed by atoms with Crippen molar-refractivity contribution in [3.63, 3.8) is 0 Å². The topological polar surface area (TPSA) is 32.3 Å². The average Bonchev–Trinajstić information content (AvgIpc) is 2.86. The lowest BCUT2D eigenvalue weighted by atomic mass is 10.1. The second-order valence-corrected chi connectivity index (χ2v) is 5.93. The largest absolute Gasteiger partial charge is 0.325 e. The van der Waals surface area contributed by atoms with Crippen LogP contribution in [0.1, 0.15) is 16.7 Å². The third kappa shape index (κ3) is 4.18. The van der Waals surface area contributed by atoms with Crippen LogP contribution in [0.25, 0.3) is 0 Å². The number of likely N-dealkylation sites (N-methyl/N-ethyl adjacent to an activating group) is 1. The lowest BCUT2D eigenvalue weighted by Crippen LogP contribution is -2.29. The summed E-state index contributed by atoms with van der Waals surface area (Å²) in [6.45, 7) is 5.30. The van der Waals surface area contributed by atoms with Gasteiger partial charge in [0.05, 0.1) is 6.54 Å². The van der Waals surface area contributed by atoms with E-state index in [-0.39, 0.29) is 5.91 Å². The highest BCUT2D eigenvalue weighted by atomic mass is 32.1. The van der Waals surface area contributed by atoms with Crippen LogP contribution in [0, 0.1) is 13.8 Å². The number of rotatable bonds is 5. The first-order valence-corrected chi connectivity index (χ1v) is 7.55.